The van der Waals surface area contributed by atoms with Gasteiger partial charge in [0.25, 0.3) is 0 Å². The first-order valence-electron chi connectivity index (χ1n) is 9.96. The minimum Gasteiger partial charge on any atom is -0.381 e. The molecule has 7 nitrogen and oxygen atoms in total. The van der Waals surface area contributed by atoms with Crippen LogP contribution in [-0.2, 0) is 24.1 Å². The Morgan fingerprint density at radius 2 is 2.18 bits per heavy atom. The average Bonchev–Trinajstić information content (AvgIpc) is 3.38. The molecule has 28 heavy (non-hydrogen) atoms. The number of hydrogen-bond donors (Lipinski definition) is 2. The lowest BCUT2D eigenvalue weighted by atomic mass is 10.1. The highest BCUT2D eigenvalue weighted by atomic mass is 19.1. The lowest BCUT2D eigenvalue weighted by molar-refractivity contribution is 0.187. The zero-order valence-corrected chi connectivity index (χ0v) is 16.4. The van der Waals surface area contributed by atoms with Crippen LogP contribution in [0.3, 0.4) is 0 Å². The maximum atomic E-state index is 13.8. The van der Waals surface area contributed by atoms with Gasteiger partial charge in [-0.3, -0.25) is 4.99 Å². The zero-order chi connectivity index (χ0) is 19.6. The van der Waals surface area contributed by atoms with Gasteiger partial charge in [-0.15, -0.1) is 10.2 Å². The summed E-state index contributed by atoms with van der Waals surface area (Å²) in [5, 5.41) is 14.7. The van der Waals surface area contributed by atoms with Gasteiger partial charge in [0.05, 0.1) is 6.61 Å². The van der Waals surface area contributed by atoms with E-state index in [4.69, 9.17) is 9.73 Å². The Morgan fingerprint density at radius 1 is 1.32 bits per heavy atom. The Bertz CT molecular complexity index is 757. The van der Waals surface area contributed by atoms with Crippen molar-refractivity contribution in [1.29, 1.82) is 0 Å². The largest absolute Gasteiger partial charge is 0.381 e. The normalized spacial score (nSPS) is 17.1. The van der Waals surface area contributed by atoms with E-state index >= 15 is 0 Å². The van der Waals surface area contributed by atoms with E-state index in [1.54, 1.807) is 12.4 Å². The second kappa shape index (κ2) is 10.8. The third-order valence-electron chi connectivity index (χ3n) is 4.83. The van der Waals surface area contributed by atoms with E-state index in [-0.39, 0.29) is 5.82 Å². The minimum atomic E-state index is -0.168. The Labute approximate surface area is 165 Å². The van der Waals surface area contributed by atoms with Crippen LogP contribution in [0.4, 0.5) is 4.39 Å². The van der Waals surface area contributed by atoms with E-state index in [0.717, 1.165) is 50.9 Å². The molecule has 1 fully saturated rings. The van der Waals surface area contributed by atoms with Gasteiger partial charge in [-0.05, 0) is 24.5 Å². The Morgan fingerprint density at radius 3 is 2.96 bits per heavy atom. The summed E-state index contributed by atoms with van der Waals surface area (Å²) < 4.78 is 21.3. The molecular formula is C20H29FN6O. The molecule has 0 spiro atoms. The van der Waals surface area contributed by atoms with E-state index in [0.29, 0.717) is 31.0 Å². The summed E-state index contributed by atoms with van der Waals surface area (Å²) in [4.78, 5) is 4.70. The third kappa shape index (κ3) is 6.02. The molecule has 8 heteroatoms. The van der Waals surface area contributed by atoms with Crippen LogP contribution in [0, 0.1) is 11.7 Å². The van der Waals surface area contributed by atoms with E-state index in [2.05, 4.69) is 27.8 Å². The maximum absolute atomic E-state index is 13.8. The second-order valence-electron chi connectivity index (χ2n) is 6.91. The highest BCUT2D eigenvalue weighted by molar-refractivity contribution is 5.79. The molecule has 0 amide bonds. The minimum absolute atomic E-state index is 0.168. The molecule has 0 aliphatic carbocycles. The zero-order valence-electron chi connectivity index (χ0n) is 16.4. The number of halogens is 1. The number of guanidine groups is 1. The summed E-state index contributed by atoms with van der Waals surface area (Å²) in [6.45, 7) is 6.45. The number of aryl methyl sites for hydroxylation is 1. The number of nitrogens with one attached hydrogen (secondary N) is 2. The fourth-order valence-electron chi connectivity index (χ4n) is 3.17. The summed E-state index contributed by atoms with van der Waals surface area (Å²) in [6, 6.07) is 6.87. The Kier molecular flexibility index (Phi) is 7.78. The van der Waals surface area contributed by atoms with Crippen LogP contribution in [0.2, 0.25) is 0 Å². The van der Waals surface area contributed by atoms with E-state index in [9.17, 15) is 4.39 Å². The molecule has 0 bridgehead atoms. The molecule has 0 radical (unpaired) electrons. The Hall–Kier alpha value is -2.48. The number of aromatic nitrogens is 3. The third-order valence-corrected chi connectivity index (χ3v) is 4.83. The predicted octanol–water partition coefficient (Wildman–Crippen LogP) is 1.79. The molecular weight excluding hydrogens is 359 g/mol. The van der Waals surface area contributed by atoms with Gasteiger partial charge < -0.3 is 19.9 Å². The molecule has 152 valence electrons. The van der Waals surface area contributed by atoms with Gasteiger partial charge in [0.2, 0.25) is 0 Å². The van der Waals surface area contributed by atoms with Crippen molar-refractivity contribution in [3.05, 3.63) is 47.8 Å². The van der Waals surface area contributed by atoms with Crippen molar-refractivity contribution in [2.75, 3.05) is 32.8 Å². The van der Waals surface area contributed by atoms with Gasteiger partial charge >= 0.3 is 0 Å². The van der Waals surface area contributed by atoms with Crippen molar-refractivity contribution in [3.63, 3.8) is 0 Å². The molecule has 2 aromatic rings. The number of rotatable bonds is 9. The van der Waals surface area contributed by atoms with Gasteiger partial charge in [0, 0.05) is 45.1 Å². The van der Waals surface area contributed by atoms with E-state index in [1.807, 2.05) is 16.7 Å². The summed E-state index contributed by atoms with van der Waals surface area (Å²) in [5.74, 6) is 2.01. The first-order chi connectivity index (χ1) is 13.8. The highest BCUT2D eigenvalue weighted by Gasteiger charge is 2.15. The topological polar surface area (TPSA) is 76.4 Å². The van der Waals surface area contributed by atoms with E-state index in [1.165, 1.54) is 6.07 Å². The van der Waals surface area contributed by atoms with Crippen LogP contribution < -0.4 is 10.6 Å². The first-order valence-corrected chi connectivity index (χ1v) is 9.96. The van der Waals surface area contributed by atoms with Gasteiger partial charge in [0.15, 0.2) is 5.96 Å². The van der Waals surface area contributed by atoms with Crippen LogP contribution in [-0.4, -0.2) is 53.6 Å². The molecule has 2 N–H and O–H groups in total. The number of aliphatic imine (C=N–C) groups is 1. The number of nitrogens with zero attached hydrogens (tertiary/aromatic N) is 4. The lowest BCUT2D eigenvalue weighted by Gasteiger charge is -2.14. The van der Waals surface area contributed by atoms with Gasteiger partial charge in [-0.25, -0.2) is 4.39 Å². The van der Waals surface area contributed by atoms with Crippen LogP contribution in [0.5, 0.6) is 0 Å². The fourth-order valence-corrected chi connectivity index (χ4v) is 3.17. The molecule has 1 saturated heterocycles. The van der Waals surface area contributed by atoms with Gasteiger partial charge in [-0.1, -0.05) is 25.1 Å². The monoisotopic (exact) mass is 388 g/mol. The molecule has 1 aromatic heterocycles. The fraction of sp³-hybridized carbons (Fsp3) is 0.550. The maximum Gasteiger partial charge on any atom is 0.191 e. The molecule has 1 aliphatic heterocycles. The van der Waals surface area contributed by atoms with Crippen molar-refractivity contribution < 1.29 is 9.13 Å². The first kappa shape index (κ1) is 20.3. The van der Waals surface area contributed by atoms with Gasteiger partial charge in [0.1, 0.15) is 18.0 Å². The molecule has 1 atom stereocenters. The summed E-state index contributed by atoms with van der Waals surface area (Å²) in [6.07, 6.45) is 4.25. The molecule has 0 saturated carbocycles. The number of ether oxygens (including phenoxy) is 1. The van der Waals surface area contributed by atoms with E-state index < -0.39 is 0 Å². The SMILES string of the molecule is CCc1nncn1CCNC(=NCC1CCOC1)NCCc1ccccc1F. The standard InChI is InChI=1S/C20H29FN6O/c1-2-19-26-25-15-27(19)11-10-23-20(24-13-16-8-12-28-14-16)22-9-7-17-5-3-4-6-18(17)21/h3-6,15-16H,2,7-14H2,1H3,(H2,22,23,24). The van der Waals surface area contributed by atoms with Crippen molar-refractivity contribution >= 4 is 5.96 Å². The number of hydrogen-bond acceptors (Lipinski definition) is 4. The van der Waals surface area contributed by atoms with Crippen LogP contribution in [0.1, 0.15) is 24.7 Å². The molecule has 1 aromatic carbocycles. The summed E-state index contributed by atoms with van der Waals surface area (Å²) in [7, 11) is 0. The van der Waals surface area contributed by atoms with Crippen LogP contribution in [0.15, 0.2) is 35.6 Å². The molecule has 1 aliphatic rings. The van der Waals surface area contributed by atoms with Crippen molar-refractivity contribution in [1.82, 2.24) is 25.4 Å². The van der Waals surface area contributed by atoms with Gasteiger partial charge in [-0.2, -0.15) is 0 Å². The Balaban J connectivity index is 1.51. The summed E-state index contributed by atoms with van der Waals surface area (Å²) >= 11 is 0. The van der Waals surface area contributed by atoms with Crippen molar-refractivity contribution in [2.24, 2.45) is 10.9 Å². The van der Waals surface area contributed by atoms with Crippen molar-refractivity contribution in [2.45, 2.75) is 32.7 Å². The molecule has 1 unspecified atom stereocenters. The number of benzene rings is 1. The lowest BCUT2D eigenvalue weighted by Crippen LogP contribution is -2.40. The second-order valence-corrected chi connectivity index (χ2v) is 6.91. The van der Waals surface area contributed by atoms with Crippen LogP contribution >= 0.6 is 0 Å². The summed E-state index contributed by atoms with van der Waals surface area (Å²) in [5.41, 5.74) is 0.704. The smallest absolute Gasteiger partial charge is 0.191 e. The predicted molar refractivity (Wildman–Crippen MR) is 107 cm³/mol. The quantitative estimate of drug-likeness (QED) is 0.506. The molecule has 2 heterocycles. The highest BCUT2D eigenvalue weighted by Crippen LogP contribution is 2.12. The van der Waals surface area contributed by atoms with Crippen LogP contribution in [0.25, 0.3) is 0 Å². The average molecular weight is 388 g/mol. The van der Waals surface area contributed by atoms with Crippen molar-refractivity contribution in [3.8, 4) is 0 Å². The molecule has 3 rings (SSSR count).